The quantitative estimate of drug-likeness (QED) is 0.887. The highest BCUT2D eigenvalue weighted by Crippen LogP contribution is 2.49. The second-order valence-electron chi connectivity index (χ2n) is 4.69. The van der Waals surface area contributed by atoms with Crippen LogP contribution >= 0.6 is 11.6 Å². The smallest absolute Gasteiger partial charge is 0.183 e. The fourth-order valence-electron chi connectivity index (χ4n) is 2.60. The van der Waals surface area contributed by atoms with E-state index in [1.54, 1.807) is 6.07 Å². The number of benzene rings is 1. The molecule has 1 aliphatic carbocycles. The molecule has 1 aliphatic rings. The van der Waals surface area contributed by atoms with Gasteiger partial charge in [-0.3, -0.25) is 0 Å². The van der Waals surface area contributed by atoms with E-state index >= 15 is 0 Å². The number of phenols is 1. The van der Waals surface area contributed by atoms with E-state index in [9.17, 15) is 5.11 Å². The average Bonchev–Trinajstić information content (AvgIpc) is 2.80. The highest BCUT2D eigenvalue weighted by atomic mass is 35.5. The van der Waals surface area contributed by atoms with Crippen molar-refractivity contribution in [3.63, 3.8) is 0 Å². The average molecular weight is 272 g/mol. The summed E-state index contributed by atoms with van der Waals surface area (Å²) in [5, 5.41) is 10.4. The van der Waals surface area contributed by atoms with Crippen molar-refractivity contribution in [3.8, 4) is 17.2 Å². The van der Waals surface area contributed by atoms with Crippen molar-refractivity contribution in [2.24, 2.45) is 5.73 Å². The molecule has 0 spiro atoms. The summed E-state index contributed by atoms with van der Waals surface area (Å²) in [6.45, 7) is 0. The van der Waals surface area contributed by atoms with E-state index in [0.29, 0.717) is 17.1 Å². The Hall–Kier alpha value is -1.13. The molecule has 0 aromatic heterocycles. The number of hydrogen-bond donors (Lipinski definition) is 2. The number of aromatic hydroxyl groups is 1. The zero-order valence-electron chi connectivity index (χ0n) is 10.6. The topological polar surface area (TPSA) is 64.7 Å². The second-order valence-corrected chi connectivity index (χ2v) is 5.06. The standard InChI is InChI=1S/C13H18ClNO3/c1-17-9-7-8(13(15)5-3-4-6-13)11(16)10(14)12(9)18-2/h7,16H,3-6,15H2,1-2H3. The van der Waals surface area contributed by atoms with Crippen LogP contribution in [0.3, 0.4) is 0 Å². The number of nitrogens with two attached hydrogens (primary N) is 1. The first-order chi connectivity index (χ1) is 8.53. The molecule has 1 saturated carbocycles. The molecule has 0 bridgehead atoms. The maximum absolute atomic E-state index is 10.2. The minimum atomic E-state index is -0.521. The van der Waals surface area contributed by atoms with E-state index in [1.807, 2.05) is 0 Å². The molecule has 0 saturated heterocycles. The molecule has 1 fully saturated rings. The van der Waals surface area contributed by atoms with Crippen LogP contribution in [0.1, 0.15) is 31.2 Å². The van der Waals surface area contributed by atoms with Crippen molar-refractivity contribution in [2.75, 3.05) is 14.2 Å². The minimum Gasteiger partial charge on any atom is -0.506 e. The summed E-state index contributed by atoms with van der Waals surface area (Å²) < 4.78 is 10.4. The first-order valence-electron chi connectivity index (χ1n) is 5.96. The summed E-state index contributed by atoms with van der Waals surface area (Å²) in [6.07, 6.45) is 3.79. The van der Waals surface area contributed by atoms with Gasteiger partial charge in [0.2, 0.25) is 0 Å². The highest BCUT2D eigenvalue weighted by molar-refractivity contribution is 6.34. The van der Waals surface area contributed by atoms with Gasteiger partial charge in [-0.2, -0.15) is 0 Å². The summed E-state index contributed by atoms with van der Waals surface area (Å²) in [7, 11) is 3.02. The van der Waals surface area contributed by atoms with E-state index in [4.69, 9.17) is 26.8 Å². The van der Waals surface area contributed by atoms with E-state index < -0.39 is 5.54 Å². The van der Waals surface area contributed by atoms with Crippen molar-refractivity contribution in [2.45, 2.75) is 31.2 Å². The van der Waals surface area contributed by atoms with Crippen LogP contribution in [0.5, 0.6) is 17.2 Å². The molecular formula is C13H18ClNO3. The number of halogens is 1. The monoisotopic (exact) mass is 271 g/mol. The molecule has 4 nitrogen and oxygen atoms in total. The van der Waals surface area contributed by atoms with Gasteiger partial charge in [0.1, 0.15) is 10.8 Å². The molecule has 1 aromatic carbocycles. The number of ether oxygens (including phenoxy) is 2. The lowest BCUT2D eigenvalue weighted by atomic mass is 9.88. The molecule has 0 aliphatic heterocycles. The van der Waals surface area contributed by atoms with Crippen molar-refractivity contribution in [1.29, 1.82) is 0 Å². The van der Waals surface area contributed by atoms with Gasteiger partial charge in [0.25, 0.3) is 0 Å². The number of methoxy groups -OCH3 is 2. The molecule has 3 N–H and O–H groups in total. The molecule has 18 heavy (non-hydrogen) atoms. The number of rotatable bonds is 3. The largest absolute Gasteiger partial charge is 0.506 e. The van der Waals surface area contributed by atoms with Gasteiger partial charge in [-0.15, -0.1) is 0 Å². The molecule has 0 amide bonds. The van der Waals surface area contributed by atoms with Crippen LogP contribution in [0.15, 0.2) is 6.07 Å². The van der Waals surface area contributed by atoms with Gasteiger partial charge < -0.3 is 20.3 Å². The number of phenolic OH excluding ortho intramolecular Hbond substituents is 1. The summed E-state index contributed by atoms with van der Waals surface area (Å²) >= 11 is 6.11. The minimum absolute atomic E-state index is 0.00119. The van der Waals surface area contributed by atoms with Gasteiger partial charge >= 0.3 is 0 Å². The van der Waals surface area contributed by atoms with Crippen LogP contribution in [0.4, 0.5) is 0 Å². The Morgan fingerprint density at radius 2 is 1.89 bits per heavy atom. The Labute approximate surface area is 112 Å². The lowest BCUT2D eigenvalue weighted by Gasteiger charge is -2.26. The predicted octanol–water partition coefficient (Wildman–Crippen LogP) is 2.79. The Bertz CT molecular complexity index is 456. The second kappa shape index (κ2) is 4.86. The van der Waals surface area contributed by atoms with Crippen molar-refractivity contribution in [1.82, 2.24) is 0 Å². The summed E-state index contributed by atoms with van der Waals surface area (Å²) in [5.74, 6) is 0.827. The third-order valence-electron chi connectivity index (χ3n) is 3.62. The van der Waals surface area contributed by atoms with E-state index in [2.05, 4.69) is 0 Å². The molecular weight excluding hydrogens is 254 g/mol. The van der Waals surface area contributed by atoms with Crippen molar-refractivity contribution < 1.29 is 14.6 Å². The van der Waals surface area contributed by atoms with Gasteiger partial charge in [-0.05, 0) is 18.9 Å². The summed E-state index contributed by atoms with van der Waals surface area (Å²) in [4.78, 5) is 0. The normalized spacial score (nSPS) is 17.8. The third-order valence-corrected chi connectivity index (χ3v) is 3.97. The Morgan fingerprint density at radius 3 is 2.39 bits per heavy atom. The van der Waals surface area contributed by atoms with Crippen LogP contribution in [0.2, 0.25) is 5.02 Å². The van der Waals surface area contributed by atoms with Crippen LogP contribution in [-0.2, 0) is 5.54 Å². The SMILES string of the molecule is COc1cc(C2(N)CCCC2)c(O)c(Cl)c1OC. The molecule has 0 heterocycles. The van der Waals surface area contributed by atoms with Gasteiger partial charge in [-0.25, -0.2) is 0 Å². The van der Waals surface area contributed by atoms with Crippen molar-refractivity contribution in [3.05, 3.63) is 16.7 Å². The molecule has 100 valence electrons. The third kappa shape index (κ3) is 1.99. The highest BCUT2D eigenvalue weighted by Gasteiger charge is 2.36. The molecule has 0 unspecified atom stereocenters. The fraction of sp³-hybridized carbons (Fsp3) is 0.538. The fourth-order valence-corrected chi connectivity index (χ4v) is 2.87. The predicted molar refractivity (Wildman–Crippen MR) is 70.6 cm³/mol. The summed E-state index contributed by atoms with van der Waals surface area (Å²) in [6, 6.07) is 1.73. The van der Waals surface area contributed by atoms with Crippen LogP contribution < -0.4 is 15.2 Å². The Kier molecular flexibility index (Phi) is 3.59. The van der Waals surface area contributed by atoms with Crippen molar-refractivity contribution >= 4 is 11.6 Å². The molecule has 0 radical (unpaired) electrons. The van der Waals surface area contributed by atoms with Crippen LogP contribution in [0, 0.1) is 0 Å². The van der Waals surface area contributed by atoms with E-state index in [-0.39, 0.29) is 10.8 Å². The van der Waals surface area contributed by atoms with Gasteiger partial charge in [0.15, 0.2) is 11.5 Å². The number of hydrogen-bond acceptors (Lipinski definition) is 4. The Morgan fingerprint density at radius 1 is 1.28 bits per heavy atom. The molecule has 2 rings (SSSR count). The van der Waals surface area contributed by atoms with E-state index in [1.165, 1.54) is 14.2 Å². The van der Waals surface area contributed by atoms with Crippen LogP contribution in [0.25, 0.3) is 0 Å². The zero-order chi connectivity index (χ0) is 13.3. The zero-order valence-corrected chi connectivity index (χ0v) is 11.4. The van der Waals surface area contributed by atoms with Gasteiger partial charge in [0, 0.05) is 11.1 Å². The lowest BCUT2D eigenvalue weighted by Crippen LogP contribution is -2.33. The molecule has 5 heteroatoms. The molecule has 0 atom stereocenters. The maximum atomic E-state index is 10.2. The van der Waals surface area contributed by atoms with E-state index in [0.717, 1.165) is 25.7 Å². The first kappa shape index (κ1) is 13.3. The molecule has 1 aromatic rings. The maximum Gasteiger partial charge on any atom is 0.183 e. The van der Waals surface area contributed by atoms with Gasteiger partial charge in [-0.1, -0.05) is 24.4 Å². The Balaban J connectivity index is 2.58. The van der Waals surface area contributed by atoms with Gasteiger partial charge in [0.05, 0.1) is 14.2 Å². The lowest BCUT2D eigenvalue weighted by molar-refractivity contribution is 0.345. The first-order valence-corrected chi connectivity index (χ1v) is 6.34. The summed E-state index contributed by atoms with van der Waals surface area (Å²) in [5.41, 5.74) is 6.47. The van der Waals surface area contributed by atoms with Crippen LogP contribution in [-0.4, -0.2) is 19.3 Å².